The van der Waals surface area contributed by atoms with Crippen molar-refractivity contribution in [2.75, 3.05) is 0 Å². The first kappa shape index (κ1) is 36.6. The highest BCUT2D eigenvalue weighted by molar-refractivity contribution is 7.25. The summed E-state index contributed by atoms with van der Waals surface area (Å²) in [5.74, 6) is 0.596. The minimum atomic E-state index is -0.0118. The van der Waals surface area contributed by atoms with E-state index in [4.69, 9.17) is 0 Å². The Balaban J connectivity index is 1.17. The van der Waals surface area contributed by atoms with Crippen molar-refractivity contribution in [1.82, 2.24) is 0 Å². The van der Waals surface area contributed by atoms with Crippen LogP contribution in [0.5, 0.6) is 11.5 Å². The van der Waals surface area contributed by atoms with E-state index in [1.165, 1.54) is 127 Å². The van der Waals surface area contributed by atoms with Gasteiger partial charge in [-0.05, 0) is 154 Å². The molecule has 0 spiro atoms. The molecule has 3 heterocycles. The maximum Gasteiger partial charge on any atom is 0.115 e. The summed E-state index contributed by atoms with van der Waals surface area (Å²) in [4.78, 5) is 7.61. The second-order valence-electron chi connectivity index (χ2n) is 14.8. The number of fused-ring (bicyclic) bond motifs is 3. The minimum Gasteiger partial charge on any atom is -0.508 e. The highest BCUT2D eigenvalue weighted by atomic mass is 32.1. The molecule has 0 amide bonds. The Morgan fingerprint density at radius 2 is 0.741 bits per heavy atom. The van der Waals surface area contributed by atoms with E-state index in [9.17, 15) is 10.2 Å². The summed E-state index contributed by atoms with van der Waals surface area (Å²) >= 11 is 5.53. The lowest BCUT2D eigenvalue weighted by molar-refractivity contribution is 0.401. The summed E-state index contributed by atoms with van der Waals surface area (Å²) < 4.78 is 0. The number of phenols is 2. The molecule has 1 aliphatic rings. The van der Waals surface area contributed by atoms with Crippen LogP contribution in [0.2, 0.25) is 0 Å². The maximum absolute atomic E-state index is 9.85. The summed E-state index contributed by atoms with van der Waals surface area (Å²) in [5, 5.41) is 19.6. The molecule has 274 valence electrons. The van der Waals surface area contributed by atoms with Gasteiger partial charge in [0.25, 0.3) is 0 Å². The average Bonchev–Trinajstić information content (AvgIpc) is 4.02. The number of hydrogen-bond donors (Lipinski definition) is 2. The van der Waals surface area contributed by atoms with E-state index in [0.29, 0.717) is 11.5 Å². The van der Waals surface area contributed by atoms with Crippen LogP contribution in [0.15, 0.2) is 121 Å². The van der Waals surface area contributed by atoms with Gasteiger partial charge in [0.2, 0.25) is 0 Å². The number of phenolic OH excluding ortho intramolecular Hbond substituents is 2. The van der Waals surface area contributed by atoms with Gasteiger partial charge in [0, 0.05) is 34.7 Å². The van der Waals surface area contributed by atoms with Gasteiger partial charge in [0.1, 0.15) is 11.5 Å². The van der Waals surface area contributed by atoms with Gasteiger partial charge in [0.15, 0.2) is 0 Å². The Kier molecular flexibility index (Phi) is 10.9. The molecule has 0 radical (unpaired) electrons. The van der Waals surface area contributed by atoms with E-state index in [-0.39, 0.29) is 5.41 Å². The van der Waals surface area contributed by atoms with Crippen molar-refractivity contribution in [1.29, 1.82) is 0 Å². The van der Waals surface area contributed by atoms with Crippen molar-refractivity contribution in [3.63, 3.8) is 0 Å². The van der Waals surface area contributed by atoms with Crippen molar-refractivity contribution in [3.8, 4) is 74.1 Å². The lowest BCUT2D eigenvalue weighted by Crippen LogP contribution is -2.25. The lowest BCUT2D eigenvalue weighted by atomic mass is 9.70. The Morgan fingerprint density at radius 1 is 0.389 bits per heavy atom. The molecule has 2 nitrogen and oxygen atoms in total. The zero-order chi connectivity index (χ0) is 37.1. The molecule has 3 aromatic heterocycles. The van der Waals surface area contributed by atoms with Crippen molar-refractivity contribution >= 4 is 34.0 Å². The third kappa shape index (κ3) is 7.34. The van der Waals surface area contributed by atoms with E-state index < -0.39 is 0 Å². The predicted molar refractivity (Wildman–Crippen MR) is 234 cm³/mol. The van der Waals surface area contributed by atoms with Crippen LogP contribution in [0, 0.1) is 0 Å². The molecular formula is C49H48O2S3. The van der Waals surface area contributed by atoms with E-state index >= 15 is 0 Å². The largest absolute Gasteiger partial charge is 0.508 e. The smallest absolute Gasteiger partial charge is 0.115 e. The number of rotatable bonds is 15. The number of unbranched alkanes of at least 4 members (excludes halogenated alkanes) is 6. The van der Waals surface area contributed by atoms with Crippen LogP contribution < -0.4 is 0 Å². The van der Waals surface area contributed by atoms with Crippen LogP contribution in [-0.2, 0) is 5.41 Å². The average molecular weight is 765 g/mol. The highest BCUT2D eigenvalue weighted by Crippen LogP contribution is 2.56. The Morgan fingerprint density at radius 3 is 1.15 bits per heavy atom. The fourth-order valence-electron chi connectivity index (χ4n) is 8.32. The summed E-state index contributed by atoms with van der Waals surface area (Å²) in [7, 11) is 0. The summed E-state index contributed by atoms with van der Waals surface area (Å²) in [6, 6.07) is 43.2. The fourth-order valence-corrected chi connectivity index (χ4v) is 11.4. The third-order valence-corrected chi connectivity index (χ3v) is 14.9. The van der Waals surface area contributed by atoms with Crippen molar-refractivity contribution < 1.29 is 10.2 Å². The quantitative estimate of drug-likeness (QED) is 0.102. The van der Waals surface area contributed by atoms with E-state index in [1.807, 2.05) is 58.3 Å². The molecule has 8 rings (SSSR count). The van der Waals surface area contributed by atoms with E-state index in [2.05, 4.69) is 86.6 Å². The molecule has 0 saturated carbocycles. The van der Waals surface area contributed by atoms with Gasteiger partial charge in [-0.2, -0.15) is 0 Å². The molecule has 0 atom stereocenters. The fraction of sp³-hybridized carbons (Fsp3) is 0.265. The first-order valence-corrected chi connectivity index (χ1v) is 22.1. The molecule has 0 saturated heterocycles. The van der Waals surface area contributed by atoms with Crippen LogP contribution in [0.3, 0.4) is 0 Å². The standard InChI is InChI=1S/C49H48O2S3/c1-3-5-7-9-29-49(30-10-8-6-4-2)41-31-35(45-24-23-43(52-45)33-11-17-37(50)18-12-33)15-21-39(41)40-22-16-36(32-42(40)49)46-26-28-48(54-46)47-27-25-44(53-47)34-13-19-38(51)20-14-34/h11-28,31-32,50-51H,3-10,29-30H2,1-2H3. The van der Waals surface area contributed by atoms with Crippen LogP contribution in [0.25, 0.3) is 62.6 Å². The number of aromatic hydroxyl groups is 2. The van der Waals surface area contributed by atoms with Gasteiger partial charge >= 0.3 is 0 Å². The Labute approximate surface area is 332 Å². The molecular weight excluding hydrogens is 717 g/mol. The Hall–Kier alpha value is -4.42. The van der Waals surface area contributed by atoms with Crippen molar-refractivity contribution in [2.24, 2.45) is 0 Å². The van der Waals surface area contributed by atoms with Gasteiger partial charge in [-0.15, -0.1) is 34.0 Å². The summed E-state index contributed by atoms with van der Waals surface area (Å²) in [6.07, 6.45) is 12.5. The molecule has 7 aromatic rings. The van der Waals surface area contributed by atoms with Crippen LogP contribution in [0.4, 0.5) is 0 Å². The zero-order valence-electron chi connectivity index (χ0n) is 31.2. The number of hydrogen-bond acceptors (Lipinski definition) is 5. The first-order valence-electron chi connectivity index (χ1n) is 19.6. The normalized spacial score (nSPS) is 12.9. The second kappa shape index (κ2) is 16.1. The first-order chi connectivity index (χ1) is 26.5. The maximum atomic E-state index is 9.85. The third-order valence-electron chi connectivity index (χ3n) is 11.2. The lowest BCUT2D eigenvalue weighted by Gasteiger charge is -2.33. The number of benzene rings is 4. The SMILES string of the molecule is CCCCCCC1(CCCCCC)c2cc(-c3ccc(-c4ccc(O)cc4)s3)ccc2-c2ccc(-c3ccc(-c4ccc(-c5ccc(O)cc5)s4)s3)cc21. The van der Waals surface area contributed by atoms with E-state index in [0.717, 1.165) is 11.1 Å². The van der Waals surface area contributed by atoms with Crippen molar-refractivity contribution in [2.45, 2.75) is 83.5 Å². The molecule has 0 fully saturated rings. The van der Waals surface area contributed by atoms with Gasteiger partial charge in [-0.1, -0.05) is 89.5 Å². The molecule has 2 N–H and O–H groups in total. The number of thiophene rings is 3. The summed E-state index contributed by atoms with van der Waals surface area (Å²) in [5.41, 5.74) is 10.7. The van der Waals surface area contributed by atoms with Crippen LogP contribution in [0.1, 0.15) is 89.2 Å². The van der Waals surface area contributed by atoms with Gasteiger partial charge in [-0.25, -0.2) is 0 Å². The zero-order valence-corrected chi connectivity index (χ0v) is 33.7. The van der Waals surface area contributed by atoms with Gasteiger partial charge < -0.3 is 10.2 Å². The molecule has 1 aliphatic carbocycles. The minimum absolute atomic E-state index is 0.0118. The second-order valence-corrected chi connectivity index (χ2v) is 18.1. The molecule has 0 unspecified atom stereocenters. The molecule has 5 heteroatoms. The summed E-state index contributed by atoms with van der Waals surface area (Å²) in [6.45, 7) is 4.62. The van der Waals surface area contributed by atoms with Crippen molar-refractivity contribution in [3.05, 3.63) is 132 Å². The van der Waals surface area contributed by atoms with Crippen LogP contribution in [-0.4, -0.2) is 10.2 Å². The predicted octanol–water partition coefficient (Wildman–Crippen LogP) is 15.8. The van der Waals surface area contributed by atoms with E-state index in [1.54, 1.807) is 24.3 Å². The molecule has 0 aliphatic heterocycles. The highest BCUT2D eigenvalue weighted by Gasteiger charge is 2.42. The van der Waals surface area contributed by atoms with Crippen LogP contribution >= 0.6 is 34.0 Å². The monoisotopic (exact) mass is 764 g/mol. The topological polar surface area (TPSA) is 40.5 Å². The van der Waals surface area contributed by atoms with Gasteiger partial charge in [-0.3, -0.25) is 0 Å². The molecule has 0 bridgehead atoms. The Bertz CT molecular complexity index is 2330. The molecule has 4 aromatic carbocycles. The molecule has 54 heavy (non-hydrogen) atoms. The van der Waals surface area contributed by atoms with Gasteiger partial charge in [0.05, 0.1) is 0 Å².